The SMILES string of the molecule is N#CNC(=NCc1ccc(S(=O)(=O)C2CCCC3CCCCC32)cc1)Nc1ccncc1. The minimum absolute atomic E-state index is 0.249. The zero-order valence-electron chi connectivity index (χ0n) is 18.1. The van der Waals surface area contributed by atoms with Crippen LogP contribution < -0.4 is 10.6 Å². The molecule has 3 atom stereocenters. The first kappa shape index (κ1) is 22.3. The molecule has 0 radical (unpaired) electrons. The van der Waals surface area contributed by atoms with Gasteiger partial charge in [-0.25, -0.2) is 13.4 Å². The van der Waals surface area contributed by atoms with Crippen molar-refractivity contribution >= 4 is 21.5 Å². The van der Waals surface area contributed by atoms with E-state index in [0.29, 0.717) is 29.2 Å². The highest BCUT2D eigenvalue weighted by molar-refractivity contribution is 7.92. The lowest BCUT2D eigenvalue weighted by Gasteiger charge is -2.40. The van der Waals surface area contributed by atoms with Gasteiger partial charge in [0, 0.05) is 18.1 Å². The van der Waals surface area contributed by atoms with E-state index in [2.05, 4.69) is 20.6 Å². The molecule has 2 fully saturated rings. The molecule has 2 saturated carbocycles. The lowest BCUT2D eigenvalue weighted by atomic mass is 9.71. The van der Waals surface area contributed by atoms with Gasteiger partial charge in [0.15, 0.2) is 16.0 Å². The van der Waals surface area contributed by atoms with E-state index in [1.807, 2.05) is 18.3 Å². The molecule has 32 heavy (non-hydrogen) atoms. The lowest BCUT2D eigenvalue weighted by molar-refractivity contribution is 0.174. The van der Waals surface area contributed by atoms with Gasteiger partial charge in [0.25, 0.3) is 0 Å². The van der Waals surface area contributed by atoms with Crippen LogP contribution in [-0.4, -0.2) is 24.6 Å². The molecule has 2 N–H and O–H groups in total. The molecule has 0 aliphatic heterocycles. The molecule has 0 amide bonds. The average Bonchev–Trinajstić information content (AvgIpc) is 2.83. The van der Waals surface area contributed by atoms with Crippen molar-refractivity contribution in [3.05, 3.63) is 54.4 Å². The van der Waals surface area contributed by atoms with Crippen LogP contribution >= 0.6 is 0 Å². The largest absolute Gasteiger partial charge is 0.325 e. The van der Waals surface area contributed by atoms with E-state index in [0.717, 1.165) is 36.9 Å². The molecule has 1 aromatic heterocycles. The van der Waals surface area contributed by atoms with E-state index >= 15 is 0 Å². The van der Waals surface area contributed by atoms with Crippen LogP contribution in [0.2, 0.25) is 0 Å². The van der Waals surface area contributed by atoms with Crippen molar-refractivity contribution in [1.29, 1.82) is 5.26 Å². The number of benzene rings is 1. The third kappa shape index (κ3) is 5.10. The van der Waals surface area contributed by atoms with Crippen molar-refractivity contribution < 1.29 is 8.42 Å². The molecule has 0 spiro atoms. The van der Waals surface area contributed by atoms with Crippen molar-refractivity contribution in [1.82, 2.24) is 10.3 Å². The van der Waals surface area contributed by atoms with Gasteiger partial charge in [-0.05, 0) is 54.5 Å². The van der Waals surface area contributed by atoms with E-state index < -0.39 is 9.84 Å². The van der Waals surface area contributed by atoms with Crippen molar-refractivity contribution in [2.24, 2.45) is 16.8 Å². The topological polar surface area (TPSA) is 107 Å². The summed E-state index contributed by atoms with van der Waals surface area (Å²) in [6.07, 6.45) is 12.7. The molecule has 3 unspecified atom stereocenters. The van der Waals surface area contributed by atoms with E-state index in [1.165, 1.54) is 19.3 Å². The highest BCUT2D eigenvalue weighted by atomic mass is 32.2. The third-order valence-corrected chi connectivity index (χ3v) is 9.01. The normalized spacial score (nSPS) is 23.6. The van der Waals surface area contributed by atoms with Gasteiger partial charge in [-0.3, -0.25) is 10.3 Å². The number of nitrogens with zero attached hydrogens (tertiary/aromatic N) is 3. The van der Waals surface area contributed by atoms with Crippen LogP contribution in [0, 0.1) is 23.3 Å². The Balaban J connectivity index is 1.46. The first-order valence-electron chi connectivity index (χ1n) is 11.3. The van der Waals surface area contributed by atoms with Crippen LogP contribution in [0.3, 0.4) is 0 Å². The highest BCUT2D eigenvalue weighted by Crippen LogP contribution is 2.44. The molecule has 1 aromatic carbocycles. The number of guanidine groups is 1. The van der Waals surface area contributed by atoms with Gasteiger partial charge in [-0.2, -0.15) is 5.26 Å². The molecule has 1 heterocycles. The molecular formula is C24H29N5O2S. The lowest BCUT2D eigenvalue weighted by Crippen LogP contribution is -2.39. The fourth-order valence-electron chi connectivity index (χ4n) is 5.13. The first-order chi connectivity index (χ1) is 15.6. The number of nitriles is 1. The predicted molar refractivity (Wildman–Crippen MR) is 124 cm³/mol. The summed E-state index contributed by atoms with van der Waals surface area (Å²) in [5, 5.41) is 14.3. The number of hydrogen-bond donors (Lipinski definition) is 2. The Bertz CT molecular complexity index is 1080. The van der Waals surface area contributed by atoms with Crippen LogP contribution in [-0.2, 0) is 16.4 Å². The minimum atomic E-state index is -3.34. The van der Waals surface area contributed by atoms with Crippen molar-refractivity contribution in [3.8, 4) is 6.19 Å². The number of nitrogens with one attached hydrogen (secondary N) is 2. The van der Waals surface area contributed by atoms with Gasteiger partial charge in [0.1, 0.15) is 0 Å². The number of rotatable bonds is 5. The maximum Gasteiger partial charge on any atom is 0.209 e. The summed E-state index contributed by atoms with van der Waals surface area (Å²) < 4.78 is 26.8. The highest BCUT2D eigenvalue weighted by Gasteiger charge is 2.42. The Morgan fingerprint density at radius 1 is 1.03 bits per heavy atom. The monoisotopic (exact) mass is 451 g/mol. The van der Waals surface area contributed by atoms with Gasteiger partial charge in [-0.15, -0.1) is 0 Å². The molecule has 8 heteroatoms. The number of pyridine rings is 1. The van der Waals surface area contributed by atoms with Crippen LogP contribution in [0.1, 0.15) is 50.5 Å². The predicted octanol–water partition coefficient (Wildman–Crippen LogP) is 4.25. The van der Waals surface area contributed by atoms with E-state index in [-0.39, 0.29) is 5.25 Å². The zero-order chi connectivity index (χ0) is 22.4. The molecular weight excluding hydrogens is 422 g/mol. The van der Waals surface area contributed by atoms with Gasteiger partial charge in [-0.1, -0.05) is 44.2 Å². The summed E-state index contributed by atoms with van der Waals surface area (Å²) in [4.78, 5) is 8.79. The van der Waals surface area contributed by atoms with Crippen molar-refractivity contribution in [2.75, 3.05) is 5.32 Å². The Labute approximate surface area is 189 Å². The number of fused-ring (bicyclic) bond motifs is 1. The maximum absolute atomic E-state index is 13.4. The second-order valence-corrected chi connectivity index (χ2v) is 10.8. The fourth-order valence-corrected chi connectivity index (χ4v) is 7.29. The second kappa shape index (κ2) is 10.1. The minimum Gasteiger partial charge on any atom is -0.325 e. The van der Waals surface area contributed by atoms with E-state index in [4.69, 9.17) is 5.26 Å². The molecule has 2 aliphatic carbocycles. The van der Waals surface area contributed by atoms with E-state index in [1.54, 1.807) is 36.7 Å². The summed E-state index contributed by atoms with van der Waals surface area (Å²) >= 11 is 0. The van der Waals surface area contributed by atoms with Gasteiger partial charge < -0.3 is 5.32 Å². The zero-order valence-corrected chi connectivity index (χ0v) is 18.9. The molecule has 0 bridgehead atoms. The van der Waals surface area contributed by atoms with Gasteiger partial charge >= 0.3 is 0 Å². The Morgan fingerprint density at radius 2 is 1.75 bits per heavy atom. The quantitative estimate of drug-likeness (QED) is 0.304. The molecule has 0 saturated heterocycles. The number of sulfone groups is 1. The molecule has 2 aromatic rings. The smallest absolute Gasteiger partial charge is 0.209 e. The summed E-state index contributed by atoms with van der Waals surface area (Å²) in [7, 11) is -3.34. The van der Waals surface area contributed by atoms with Gasteiger partial charge in [0.2, 0.25) is 5.96 Å². The number of aliphatic imine (C=N–C) groups is 1. The number of aromatic nitrogens is 1. The molecule has 2 aliphatic rings. The summed E-state index contributed by atoms with van der Waals surface area (Å²) in [6.45, 7) is 0.316. The molecule has 7 nitrogen and oxygen atoms in total. The fraction of sp³-hybridized carbons (Fsp3) is 0.458. The summed E-state index contributed by atoms with van der Waals surface area (Å²) in [6, 6.07) is 10.6. The first-order valence-corrected chi connectivity index (χ1v) is 12.8. The summed E-state index contributed by atoms with van der Waals surface area (Å²) in [5.41, 5.74) is 1.63. The standard InChI is InChI=1S/C24H29N5O2S/c25-17-28-24(29-20-12-14-26-15-13-20)27-16-18-8-10-21(11-9-18)32(30,31)23-7-3-5-19-4-1-2-6-22(19)23/h8-15,19,22-23H,1-7,16H2,(H2,26,27,28,29). The number of anilines is 1. The Kier molecular flexibility index (Phi) is 7.05. The molecule has 4 rings (SSSR count). The Hall–Kier alpha value is -2.92. The third-order valence-electron chi connectivity index (χ3n) is 6.70. The number of hydrogen-bond acceptors (Lipinski definition) is 5. The van der Waals surface area contributed by atoms with Crippen LogP contribution in [0.15, 0.2) is 58.7 Å². The van der Waals surface area contributed by atoms with Crippen LogP contribution in [0.5, 0.6) is 0 Å². The van der Waals surface area contributed by atoms with E-state index in [9.17, 15) is 8.42 Å². The maximum atomic E-state index is 13.4. The summed E-state index contributed by atoms with van der Waals surface area (Å²) in [5.74, 6) is 1.21. The van der Waals surface area contributed by atoms with Gasteiger partial charge in [0.05, 0.1) is 16.7 Å². The van der Waals surface area contributed by atoms with Crippen LogP contribution in [0.4, 0.5) is 5.69 Å². The second-order valence-electron chi connectivity index (χ2n) is 8.63. The Morgan fingerprint density at radius 3 is 2.50 bits per heavy atom. The van der Waals surface area contributed by atoms with Crippen molar-refractivity contribution in [3.63, 3.8) is 0 Å². The van der Waals surface area contributed by atoms with Crippen molar-refractivity contribution in [2.45, 2.75) is 61.6 Å². The molecule has 168 valence electrons. The average molecular weight is 452 g/mol. The van der Waals surface area contributed by atoms with Crippen LogP contribution in [0.25, 0.3) is 0 Å².